The number of amides is 1. The Labute approximate surface area is 202 Å². The van der Waals surface area contributed by atoms with Crippen molar-refractivity contribution in [2.24, 2.45) is 0 Å². The van der Waals surface area contributed by atoms with E-state index in [2.05, 4.69) is 81.9 Å². The van der Waals surface area contributed by atoms with E-state index in [0.717, 1.165) is 55.4 Å². The third-order valence-corrected chi connectivity index (χ3v) is 7.12. The molecule has 0 unspecified atom stereocenters. The molecule has 1 aliphatic rings. The number of hydrogen-bond acceptors (Lipinski definition) is 2. The van der Waals surface area contributed by atoms with E-state index in [-0.39, 0.29) is 11.9 Å². The highest BCUT2D eigenvalue weighted by Gasteiger charge is 2.22. The molecule has 1 saturated heterocycles. The van der Waals surface area contributed by atoms with Gasteiger partial charge in [0.15, 0.2) is 0 Å². The van der Waals surface area contributed by atoms with Crippen LogP contribution in [0.25, 0.3) is 10.9 Å². The third kappa shape index (κ3) is 5.40. The number of H-pyrrole nitrogens is 1. The van der Waals surface area contributed by atoms with Gasteiger partial charge >= 0.3 is 0 Å². The zero-order valence-electron chi connectivity index (χ0n) is 19.6. The Hall–Kier alpha value is -3.37. The molecule has 5 rings (SSSR count). The first-order chi connectivity index (χ1) is 16.8. The third-order valence-electron chi connectivity index (χ3n) is 7.12. The molecule has 1 fully saturated rings. The van der Waals surface area contributed by atoms with Gasteiger partial charge in [0.2, 0.25) is 5.91 Å². The number of fused-ring (bicyclic) bond motifs is 1. The van der Waals surface area contributed by atoms with Gasteiger partial charge in [0.05, 0.1) is 6.42 Å². The Morgan fingerprint density at radius 3 is 2.18 bits per heavy atom. The molecule has 34 heavy (non-hydrogen) atoms. The molecule has 0 saturated carbocycles. The second-order valence-electron chi connectivity index (χ2n) is 9.38. The van der Waals surface area contributed by atoms with Crippen LogP contribution >= 0.6 is 0 Å². The number of piperidine rings is 1. The Morgan fingerprint density at radius 1 is 0.882 bits per heavy atom. The van der Waals surface area contributed by atoms with Gasteiger partial charge in [-0.2, -0.15) is 0 Å². The van der Waals surface area contributed by atoms with Crippen molar-refractivity contribution in [1.82, 2.24) is 15.2 Å². The first-order valence-corrected chi connectivity index (χ1v) is 12.4. The van der Waals surface area contributed by atoms with E-state index in [9.17, 15) is 4.79 Å². The van der Waals surface area contributed by atoms with Gasteiger partial charge in [-0.05, 0) is 48.6 Å². The number of aromatic nitrogens is 1. The molecule has 4 nitrogen and oxygen atoms in total. The Bertz CT molecular complexity index is 1150. The predicted molar refractivity (Wildman–Crippen MR) is 139 cm³/mol. The molecule has 0 aliphatic carbocycles. The van der Waals surface area contributed by atoms with Gasteiger partial charge in [0.1, 0.15) is 0 Å². The molecule has 1 aromatic heterocycles. The molecular formula is C30H33N3O. The van der Waals surface area contributed by atoms with Gasteiger partial charge in [-0.25, -0.2) is 0 Å². The summed E-state index contributed by atoms with van der Waals surface area (Å²) in [6, 6.07) is 30.1. The highest BCUT2D eigenvalue weighted by atomic mass is 16.1. The van der Waals surface area contributed by atoms with Crippen LogP contribution in [0.1, 0.15) is 41.9 Å². The van der Waals surface area contributed by atoms with Crippen LogP contribution in [0.5, 0.6) is 0 Å². The summed E-state index contributed by atoms with van der Waals surface area (Å²) in [6.07, 6.45) is 5.52. The smallest absolute Gasteiger partial charge is 0.224 e. The number of likely N-dealkylation sites (tertiary alicyclic amines) is 1. The number of hydrogen-bond donors (Lipinski definition) is 2. The molecule has 174 valence electrons. The van der Waals surface area contributed by atoms with E-state index in [1.165, 1.54) is 11.1 Å². The molecule has 1 aliphatic heterocycles. The van der Waals surface area contributed by atoms with Crippen molar-refractivity contribution in [1.29, 1.82) is 0 Å². The molecule has 0 atom stereocenters. The predicted octanol–water partition coefficient (Wildman–Crippen LogP) is 5.51. The van der Waals surface area contributed by atoms with E-state index < -0.39 is 0 Å². The number of carbonyl (C=O) groups excluding carboxylic acids is 1. The Balaban J connectivity index is 1.12. The van der Waals surface area contributed by atoms with Gasteiger partial charge in [-0.15, -0.1) is 0 Å². The van der Waals surface area contributed by atoms with Crippen LogP contribution in [0, 0.1) is 0 Å². The molecule has 4 aromatic rings. The summed E-state index contributed by atoms with van der Waals surface area (Å²) in [7, 11) is 0. The van der Waals surface area contributed by atoms with E-state index in [0.29, 0.717) is 12.3 Å². The van der Waals surface area contributed by atoms with Crippen LogP contribution in [-0.4, -0.2) is 41.5 Å². The monoisotopic (exact) mass is 451 g/mol. The maximum atomic E-state index is 12.7. The summed E-state index contributed by atoms with van der Waals surface area (Å²) in [5, 5.41) is 4.42. The van der Waals surface area contributed by atoms with E-state index in [1.54, 1.807) is 0 Å². The van der Waals surface area contributed by atoms with Crippen molar-refractivity contribution < 1.29 is 4.79 Å². The maximum absolute atomic E-state index is 12.7. The molecule has 0 spiro atoms. The lowest BCUT2D eigenvalue weighted by Crippen LogP contribution is -2.45. The molecule has 0 bridgehead atoms. The van der Waals surface area contributed by atoms with Crippen LogP contribution in [0.2, 0.25) is 0 Å². The molecule has 2 N–H and O–H groups in total. The summed E-state index contributed by atoms with van der Waals surface area (Å²) in [4.78, 5) is 18.5. The Morgan fingerprint density at radius 2 is 1.50 bits per heavy atom. The SMILES string of the molecule is O=C(Cc1c[nH]c2ccccc12)NC1CCN(CCC(c2ccccc2)c2ccccc2)CC1. The number of aromatic amines is 1. The molecule has 1 amide bonds. The minimum atomic E-state index is 0.122. The van der Waals surface area contributed by atoms with Crippen molar-refractivity contribution in [2.45, 2.75) is 37.6 Å². The topological polar surface area (TPSA) is 48.1 Å². The zero-order valence-corrected chi connectivity index (χ0v) is 19.6. The fraction of sp³-hybridized carbons (Fsp3) is 0.300. The first kappa shape index (κ1) is 22.4. The van der Waals surface area contributed by atoms with E-state index in [4.69, 9.17) is 0 Å². The largest absolute Gasteiger partial charge is 0.361 e. The number of carbonyl (C=O) groups is 1. The molecule has 0 radical (unpaired) electrons. The molecule has 3 aromatic carbocycles. The lowest BCUT2D eigenvalue weighted by molar-refractivity contribution is -0.121. The summed E-state index contributed by atoms with van der Waals surface area (Å²) in [5.74, 6) is 0.535. The minimum absolute atomic E-state index is 0.122. The number of nitrogens with zero attached hydrogens (tertiary/aromatic N) is 1. The maximum Gasteiger partial charge on any atom is 0.224 e. The second-order valence-corrected chi connectivity index (χ2v) is 9.38. The fourth-order valence-corrected chi connectivity index (χ4v) is 5.24. The summed E-state index contributed by atoms with van der Waals surface area (Å²) in [5.41, 5.74) is 4.92. The number of benzene rings is 3. The minimum Gasteiger partial charge on any atom is -0.361 e. The van der Waals surface area contributed by atoms with Crippen molar-refractivity contribution in [2.75, 3.05) is 19.6 Å². The second kappa shape index (κ2) is 10.7. The number of nitrogens with one attached hydrogen (secondary N) is 2. The lowest BCUT2D eigenvalue weighted by atomic mass is 9.88. The van der Waals surface area contributed by atoms with Crippen molar-refractivity contribution in [3.63, 3.8) is 0 Å². The van der Waals surface area contributed by atoms with Gasteiger partial charge in [-0.3, -0.25) is 4.79 Å². The fourth-order valence-electron chi connectivity index (χ4n) is 5.24. The molecular weight excluding hydrogens is 418 g/mol. The van der Waals surface area contributed by atoms with E-state index in [1.807, 2.05) is 24.4 Å². The quantitative estimate of drug-likeness (QED) is 0.371. The Kier molecular flexibility index (Phi) is 7.06. The molecule has 2 heterocycles. The average Bonchev–Trinajstić information content (AvgIpc) is 3.29. The zero-order chi connectivity index (χ0) is 23.2. The van der Waals surface area contributed by atoms with Gasteiger partial charge in [-0.1, -0.05) is 78.9 Å². The van der Waals surface area contributed by atoms with Crippen molar-refractivity contribution in [3.8, 4) is 0 Å². The van der Waals surface area contributed by atoms with Crippen LogP contribution < -0.4 is 5.32 Å². The highest BCUT2D eigenvalue weighted by Crippen LogP contribution is 2.28. The standard InChI is InChI=1S/C30H33N3O/c34-30(21-25-22-31-29-14-8-7-13-28(25)29)32-26-15-18-33(19-16-26)20-17-27(23-9-3-1-4-10-23)24-11-5-2-6-12-24/h1-14,22,26-27,31H,15-21H2,(H,32,34). The van der Waals surface area contributed by atoms with Crippen molar-refractivity contribution >= 4 is 16.8 Å². The average molecular weight is 452 g/mol. The van der Waals surface area contributed by atoms with Crippen LogP contribution in [0.3, 0.4) is 0 Å². The first-order valence-electron chi connectivity index (χ1n) is 12.4. The normalized spacial score (nSPS) is 15.1. The van der Waals surface area contributed by atoms with Gasteiger partial charge < -0.3 is 15.2 Å². The summed E-state index contributed by atoms with van der Waals surface area (Å²) in [6.45, 7) is 3.15. The lowest BCUT2D eigenvalue weighted by Gasteiger charge is -2.33. The summed E-state index contributed by atoms with van der Waals surface area (Å²) >= 11 is 0. The van der Waals surface area contributed by atoms with Crippen LogP contribution in [0.15, 0.2) is 91.1 Å². The summed E-state index contributed by atoms with van der Waals surface area (Å²) < 4.78 is 0. The number of rotatable bonds is 8. The van der Waals surface area contributed by atoms with Crippen LogP contribution in [0.4, 0.5) is 0 Å². The van der Waals surface area contributed by atoms with Crippen molar-refractivity contribution in [3.05, 3.63) is 108 Å². The highest BCUT2D eigenvalue weighted by molar-refractivity contribution is 5.88. The number of para-hydroxylation sites is 1. The van der Waals surface area contributed by atoms with Crippen LogP contribution in [-0.2, 0) is 11.2 Å². The van der Waals surface area contributed by atoms with Gasteiger partial charge in [0.25, 0.3) is 0 Å². The molecule has 4 heteroatoms. The van der Waals surface area contributed by atoms with E-state index >= 15 is 0 Å². The van der Waals surface area contributed by atoms with Gasteiger partial charge in [0, 0.05) is 42.1 Å².